The van der Waals surface area contributed by atoms with Crippen LogP contribution in [-0.4, -0.2) is 69.8 Å². The maximum atomic E-state index is 13.8. The molecule has 3 aromatic rings. The smallest absolute Gasteiger partial charge is 0.309 e. The zero-order valence-corrected chi connectivity index (χ0v) is 29.6. The molecule has 1 atom stereocenters. The molecule has 2 aliphatic heterocycles. The monoisotopic (exact) mass is 694 g/mol. The zero-order chi connectivity index (χ0) is 33.6. The minimum Gasteiger partial charge on any atom is -0.466 e. The van der Waals surface area contributed by atoms with Gasteiger partial charge in [0.2, 0.25) is 10.0 Å². The molecule has 5 rings (SSSR count). The number of carbonyl (C=O) groups excluding carboxylic acids is 2. The van der Waals surface area contributed by atoms with Gasteiger partial charge in [0.1, 0.15) is 10.0 Å². The molecular weight excluding hydrogens is 653 g/mol. The highest BCUT2D eigenvalue weighted by atomic mass is 32.2. The van der Waals surface area contributed by atoms with Crippen LogP contribution in [0, 0.1) is 11.8 Å². The van der Waals surface area contributed by atoms with Crippen LogP contribution in [0.1, 0.15) is 64.9 Å². The van der Waals surface area contributed by atoms with Crippen LogP contribution in [0.4, 0.5) is 0 Å². The molecule has 12 heteroatoms. The summed E-state index contributed by atoms with van der Waals surface area (Å²) in [7, 11) is -3.83. The van der Waals surface area contributed by atoms with Gasteiger partial charge in [-0.15, -0.1) is 0 Å². The summed E-state index contributed by atoms with van der Waals surface area (Å²) in [5.41, 5.74) is 2.66. The molecule has 0 bridgehead atoms. The third kappa shape index (κ3) is 8.05. The number of hydrogen-bond acceptors (Lipinski definition) is 8. The van der Waals surface area contributed by atoms with Crippen molar-refractivity contribution in [3.05, 3.63) is 71.3 Å². The van der Waals surface area contributed by atoms with Gasteiger partial charge in [-0.2, -0.15) is 9.40 Å². The van der Waals surface area contributed by atoms with Crippen molar-refractivity contribution in [1.29, 1.82) is 0 Å². The molecule has 2 aliphatic rings. The number of rotatable bonds is 13. The number of unbranched alkanes of at least 4 members (excludes halogenated alkanes) is 1. The molecular formula is C35H42N4O5S3. The lowest BCUT2D eigenvalue weighted by Crippen LogP contribution is -2.40. The van der Waals surface area contributed by atoms with Gasteiger partial charge < -0.3 is 4.74 Å². The fourth-order valence-electron chi connectivity index (χ4n) is 5.95. The number of ether oxygens (including phenoxy) is 1. The van der Waals surface area contributed by atoms with E-state index < -0.39 is 10.0 Å². The van der Waals surface area contributed by atoms with E-state index in [1.807, 2.05) is 48.7 Å². The molecule has 0 saturated carbocycles. The summed E-state index contributed by atoms with van der Waals surface area (Å²) in [6, 6.07) is 16.4. The van der Waals surface area contributed by atoms with Crippen LogP contribution in [0.25, 0.3) is 23.0 Å². The first kappa shape index (κ1) is 35.0. The van der Waals surface area contributed by atoms with Crippen LogP contribution in [0.2, 0.25) is 0 Å². The van der Waals surface area contributed by atoms with E-state index in [4.69, 9.17) is 22.1 Å². The fourth-order valence-corrected chi connectivity index (χ4v) is 8.73. The lowest BCUT2D eigenvalue weighted by molar-refractivity contribution is -0.149. The fraction of sp³-hybridized carbons (Fsp3) is 0.429. The molecule has 2 saturated heterocycles. The highest BCUT2D eigenvalue weighted by Crippen LogP contribution is 2.36. The van der Waals surface area contributed by atoms with Gasteiger partial charge >= 0.3 is 5.97 Å². The lowest BCUT2D eigenvalue weighted by atomic mass is 9.98. The van der Waals surface area contributed by atoms with Gasteiger partial charge in [-0.25, -0.2) is 13.1 Å². The van der Waals surface area contributed by atoms with Gasteiger partial charge in [0.15, 0.2) is 0 Å². The van der Waals surface area contributed by atoms with Crippen LogP contribution in [0.5, 0.6) is 0 Å². The zero-order valence-electron chi connectivity index (χ0n) is 27.1. The Hall–Kier alpha value is -3.32. The van der Waals surface area contributed by atoms with Crippen molar-refractivity contribution >= 4 is 56.3 Å². The molecule has 2 aromatic carbocycles. The number of hydrogen-bond donors (Lipinski definition) is 0. The Labute approximate surface area is 287 Å². The van der Waals surface area contributed by atoms with Gasteiger partial charge in [0.05, 0.1) is 28.0 Å². The second-order valence-corrected chi connectivity index (χ2v) is 15.5. The van der Waals surface area contributed by atoms with Crippen molar-refractivity contribution in [1.82, 2.24) is 19.0 Å². The summed E-state index contributed by atoms with van der Waals surface area (Å²) >= 11 is 6.95. The van der Waals surface area contributed by atoms with E-state index in [2.05, 4.69) is 13.8 Å². The van der Waals surface area contributed by atoms with Crippen molar-refractivity contribution in [3.63, 3.8) is 0 Å². The van der Waals surface area contributed by atoms with E-state index in [0.29, 0.717) is 58.0 Å². The van der Waals surface area contributed by atoms with Gasteiger partial charge in [0.25, 0.3) is 5.91 Å². The molecule has 9 nitrogen and oxygen atoms in total. The number of amides is 1. The van der Waals surface area contributed by atoms with E-state index in [1.165, 1.54) is 16.1 Å². The molecule has 0 radical (unpaired) electrons. The Morgan fingerprint density at radius 3 is 2.53 bits per heavy atom. The largest absolute Gasteiger partial charge is 0.466 e. The van der Waals surface area contributed by atoms with Crippen LogP contribution in [0.15, 0.2) is 70.6 Å². The number of carbonyl (C=O) groups is 2. The molecule has 1 aromatic heterocycles. The third-order valence-electron chi connectivity index (χ3n) is 8.73. The third-order valence-corrected chi connectivity index (χ3v) is 12.0. The first-order valence-electron chi connectivity index (χ1n) is 16.3. The van der Waals surface area contributed by atoms with E-state index in [1.54, 1.807) is 34.7 Å². The predicted octanol–water partition coefficient (Wildman–Crippen LogP) is 6.92. The van der Waals surface area contributed by atoms with E-state index >= 15 is 0 Å². The number of thiocarbonyl (C=S) groups is 1. The summed E-state index contributed by atoms with van der Waals surface area (Å²) < 4.78 is 36.4. The van der Waals surface area contributed by atoms with Crippen LogP contribution < -0.4 is 0 Å². The Kier molecular flexibility index (Phi) is 11.7. The molecule has 1 amide bonds. The van der Waals surface area contributed by atoms with E-state index in [0.717, 1.165) is 31.4 Å². The van der Waals surface area contributed by atoms with E-state index in [-0.39, 0.29) is 35.8 Å². The molecule has 47 heavy (non-hydrogen) atoms. The number of aromatic nitrogens is 2. The number of thioether (sulfide) groups is 1. The standard InChI is InChI=1S/C35H42N4O5S3/c1-4-7-12-25(5-2)23-38-33(40)31(46-35(38)45)22-28-24-39(29-14-9-8-10-15-29)36-32(28)27-13-11-16-30(21-27)47(42,43)37-19-17-26(18-20-37)34(41)44-6-3/h8-11,13-16,21-22,24-26H,4-7,12,17-20,23H2,1-3H3/b31-22-. The molecule has 3 heterocycles. The number of benzene rings is 2. The Bertz CT molecular complexity index is 1730. The minimum absolute atomic E-state index is 0.115. The van der Waals surface area contributed by atoms with E-state index in [9.17, 15) is 18.0 Å². The van der Waals surface area contributed by atoms with Gasteiger partial charge in [0, 0.05) is 37.0 Å². The summed E-state index contributed by atoms with van der Waals surface area (Å²) in [4.78, 5) is 28.2. The number of sulfonamides is 1. The quantitative estimate of drug-likeness (QED) is 0.108. The highest BCUT2D eigenvalue weighted by Gasteiger charge is 2.35. The molecule has 0 aliphatic carbocycles. The normalized spacial score (nSPS) is 17.9. The molecule has 1 unspecified atom stereocenters. The summed E-state index contributed by atoms with van der Waals surface area (Å²) in [5, 5.41) is 4.88. The van der Waals surface area contributed by atoms with Crippen molar-refractivity contribution in [2.75, 3.05) is 26.2 Å². The van der Waals surface area contributed by atoms with Gasteiger partial charge in [-0.05, 0) is 62.4 Å². The maximum absolute atomic E-state index is 13.8. The first-order chi connectivity index (χ1) is 22.7. The predicted molar refractivity (Wildman–Crippen MR) is 190 cm³/mol. The number of piperidine rings is 1. The van der Waals surface area contributed by atoms with Crippen LogP contribution in [-0.2, 0) is 24.3 Å². The Morgan fingerprint density at radius 1 is 1.11 bits per heavy atom. The van der Waals surface area contributed by atoms with Gasteiger partial charge in [-0.3, -0.25) is 14.5 Å². The van der Waals surface area contributed by atoms with Crippen molar-refractivity contribution < 1.29 is 22.7 Å². The molecule has 2 fully saturated rings. The number of esters is 1. The molecule has 0 N–H and O–H groups in total. The topological polar surface area (TPSA) is 102 Å². The molecule has 0 spiro atoms. The average molecular weight is 695 g/mol. The van der Waals surface area contributed by atoms with Crippen molar-refractivity contribution in [2.45, 2.75) is 64.2 Å². The average Bonchev–Trinajstić information content (AvgIpc) is 3.63. The SMILES string of the molecule is CCCCC(CC)CN1C(=O)/C(=C/c2cn(-c3ccccc3)nc2-c2cccc(S(=O)(=O)N3CCC(C(=O)OCC)CC3)c2)SC1=S. The second-order valence-electron chi connectivity index (χ2n) is 11.9. The van der Waals surface area contributed by atoms with Crippen molar-refractivity contribution in [3.8, 4) is 16.9 Å². The second kappa shape index (κ2) is 15.7. The van der Waals surface area contributed by atoms with Crippen LogP contribution in [0.3, 0.4) is 0 Å². The minimum atomic E-state index is -3.83. The van der Waals surface area contributed by atoms with Crippen molar-refractivity contribution in [2.24, 2.45) is 11.8 Å². The Morgan fingerprint density at radius 2 is 1.85 bits per heavy atom. The maximum Gasteiger partial charge on any atom is 0.309 e. The number of nitrogens with zero attached hydrogens (tertiary/aromatic N) is 4. The Balaban J connectivity index is 1.45. The first-order valence-corrected chi connectivity index (χ1v) is 19.0. The highest BCUT2D eigenvalue weighted by molar-refractivity contribution is 8.26. The summed E-state index contributed by atoms with van der Waals surface area (Å²) in [6.07, 6.45) is 8.76. The summed E-state index contributed by atoms with van der Waals surface area (Å²) in [5.74, 6) is -0.300. The summed E-state index contributed by atoms with van der Waals surface area (Å²) in [6.45, 7) is 7.47. The van der Waals surface area contributed by atoms with Gasteiger partial charge in [-0.1, -0.05) is 87.4 Å². The van der Waals surface area contributed by atoms with Crippen LogP contribution >= 0.6 is 24.0 Å². The molecule has 250 valence electrons. The number of para-hydroxylation sites is 1. The lowest BCUT2D eigenvalue weighted by Gasteiger charge is -2.30.